The Morgan fingerprint density at radius 1 is 1.20 bits per heavy atom. The van der Waals surface area contributed by atoms with Crippen LogP contribution in [-0.4, -0.2) is 40.5 Å². The van der Waals surface area contributed by atoms with Crippen LogP contribution in [0.25, 0.3) is 0 Å². The van der Waals surface area contributed by atoms with Crippen LogP contribution in [0.1, 0.15) is 37.1 Å². The van der Waals surface area contributed by atoms with Crippen molar-refractivity contribution in [2.45, 2.75) is 39.0 Å². The number of aryl methyl sites for hydroxylation is 1. The molecule has 1 saturated heterocycles. The average molecular weight is 389 g/mol. The van der Waals surface area contributed by atoms with E-state index in [0.29, 0.717) is 12.5 Å². The maximum Gasteiger partial charge on any atom is 0.191 e. The van der Waals surface area contributed by atoms with Crippen molar-refractivity contribution in [1.82, 2.24) is 14.9 Å². The molecule has 1 aromatic heterocycles. The second kappa shape index (κ2) is 9.10. The summed E-state index contributed by atoms with van der Waals surface area (Å²) in [5, 5.41) is 0. The average Bonchev–Trinajstić information content (AvgIpc) is 2.70. The molecule has 0 saturated carbocycles. The minimum Gasteiger partial charge on any atom is -0.370 e. The van der Waals surface area contributed by atoms with Gasteiger partial charge in [0.1, 0.15) is 5.82 Å². The smallest absolute Gasteiger partial charge is 0.191 e. The van der Waals surface area contributed by atoms with Gasteiger partial charge in [-0.2, -0.15) is 0 Å². The Labute approximate surface area is 138 Å². The van der Waals surface area contributed by atoms with Crippen LogP contribution in [-0.2, 0) is 6.42 Å². The third-order valence-electron chi connectivity index (χ3n) is 3.37. The van der Waals surface area contributed by atoms with E-state index in [-0.39, 0.29) is 24.0 Å². The zero-order chi connectivity index (χ0) is 13.5. The van der Waals surface area contributed by atoms with Gasteiger partial charge in [-0.1, -0.05) is 12.8 Å². The standard InChI is InChI=1S/C14H23N5.HI/c1-12-10-17-13(18-11-12)6-7-16-14(15)19-8-4-2-3-5-9-19;/h10-11H,2-9H2,1H3,(H2,15,16);1H. The molecule has 0 unspecified atom stereocenters. The Hall–Kier alpha value is -0.920. The monoisotopic (exact) mass is 389 g/mol. The van der Waals surface area contributed by atoms with Gasteiger partial charge in [0.15, 0.2) is 5.96 Å². The van der Waals surface area contributed by atoms with Gasteiger partial charge >= 0.3 is 0 Å². The molecule has 20 heavy (non-hydrogen) atoms. The molecule has 1 aromatic rings. The highest BCUT2D eigenvalue weighted by atomic mass is 127. The fourth-order valence-corrected chi connectivity index (χ4v) is 2.22. The maximum absolute atomic E-state index is 6.04. The summed E-state index contributed by atoms with van der Waals surface area (Å²) >= 11 is 0. The van der Waals surface area contributed by atoms with Crippen molar-refractivity contribution >= 4 is 29.9 Å². The number of aromatic nitrogens is 2. The Kier molecular flexibility index (Phi) is 7.79. The summed E-state index contributed by atoms with van der Waals surface area (Å²) in [6, 6.07) is 0. The van der Waals surface area contributed by atoms with Crippen LogP contribution in [0.5, 0.6) is 0 Å². The van der Waals surface area contributed by atoms with Gasteiger partial charge in [-0.15, -0.1) is 24.0 Å². The lowest BCUT2D eigenvalue weighted by molar-refractivity contribution is 0.428. The van der Waals surface area contributed by atoms with Crippen molar-refractivity contribution < 1.29 is 0 Å². The molecular formula is C14H24IN5. The second-order valence-corrected chi connectivity index (χ2v) is 5.07. The molecule has 1 aliphatic rings. The minimum absolute atomic E-state index is 0. The summed E-state index contributed by atoms with van der Waals surface area (Å²) < 4.78 is 0. The van der Waals surface area contributed by atoms with Gasteiger partial charge in [-0.05, 0) is 25.3 Å². The van der Waals surface area contributed by atoms with Crippen LogP contribution >= 0.6 is 24.0 Å². The first-order valence-electron chi connectivity index (χ1n) is 7.08. The molecule has 0 bridgehead atoms. The van der Waals surface area contributed by atoms with Crippen molar-refractivity contribution in [2.75, 3.05) is 19.6 Å². The molecule has 1 fully saturated rings. The predicted molar refractivity (Wildman–Crippen MR) is 92.4 cm³/mol. The highest BCUT2D eigenvalue weighted by Gasteiger charge is 2.10. The summed E-state index contributed by atoms with van der Waals surface area (Å²) in [7, 11) is 0. The van der Waals surface area contributed by atoms with Crippen LogP contribution in [0.2, 0.25) is 0 Å². The number of likely N-dealkylation sites (tertiary alicyclic amines) is 1. The molecule has 0 atom stereocenters. The molecule has 1 aliphatic heterocycles. The predicted octanol–water partition coefficient (Wildman–Crippen LogP) is 2.14. The molecule has 2 rings (SSSR count). The normalized spacial score (nSPS) is 16.4. The van der Waals surface area contributed by atoms with Crippen molar-refractivity contribution in [3.63, 3.8) is 0 Å². The fourth-order valence-electron chi connectivity index (χ4n) is 2.22. The molecule has 5 nitrogen and oxygen atoms in total. The van der Waals surface area contributed by atoms with E-state index in [1.807, 2.05) is 19.3 Å². The van der Waals surface area contributed by atoms with E-state index in [1.165, 1.54) is 25.7 Å². The SMILES string of the molecule is Cc1cnc(CCN=C(N)N2CCCCCC2)nc1.I. The maximum atomic E-state index is 6.04. The van der Waals surface area contributed by atoms with Gasteiger partial charge in [0, 0.05) is 38.4 Å². The number of nitrogens with zero attached hydrogens (tertiary/aromatic N) is 4. The van der Waals surface area contributed by atoms with Gasteiger partial charge in [0.25, 0.3) is 0 Å². The van der Waals surface area contributed by atoms with Crippen LogP contribution in [0.3, 0.4) is 0 Å². The van der Waals surface area contributed by atoms with Crippen LogP contribution in [0, 0.1) is 6.92 Å². The Bertz CT molecular complexity index is 410. The molecule has 0 amide bonds. The zero-order valence-corrected chi connectivity index (χ0v) is 14.4. The number of hydrogen-bond acceptors (Lipinski definition) is 3. The van der Waals surface area contributed by atoms with Crippen LogP contribution in [0.4, 0.5) is 0 Å². The fraction of sp³-hybridized carbons (Fsp3) is 0.643. The number of nitrogens with two attached hydrogens (primary N) is 1. The quantitative estimate of drug-likeness (QED) is 0.489. The largest absolute Gasteiger partial charge is 0.370 e. The minimum atomic E-state index is 0. The first kappa shape index (κ1) is 17.1. The summed E-state index contributed by atoms with van der Waals surface area (Å²) in [5.74, 6) is 1.51. The first-order valence-corrected chi connectivity index (χ1v) is 7.08. The molecule has 6 heteroatoms. The van der Waals surface area contributed by atoms with E-state index in [2.05, 4.69) is 19.9 Å². The topological polar surface area (TPSA) is 67.4 Å². The van der Waals surface area contributed by atoms with Crippen molar-refractivity contribution in [1.29, 1.82) is 0 Å². The molecule has 112 valence electrons. The summed E-state index contributed by atoms with van der Waals surface area (Å²) in [4.78, 5) is 15.2. The second-order valence-electron chi connectivity index (χ2n) is 5.07. The molecule has 0 aromatic carbocycles. The van der Waals surface area contributed by atoms with Crippen LogP contribution < -0.4 is 5.73 Å². The van der Waals surface area contributed by atoms with Crippen molar-refractivity contribution in [3.05, 3.63) is 23.8 Å². The zero-order valence-electron chi connectivity index (χ0n) is 12.1. The lowest BCUT2D eigenvalue weighted by atomic mass is 10.2. The summed E-state index contributed by atoms with van der Waals surface area (Å²) in [5.41, 5.74) is 7.12. The van der Waals surface area contributed by atoms with E-state index in [1.54, 1.807) is 0 Å². The third-order valence-corrected chi connectivity index (χ3v) is 3.37. The number of rotatable bonds is 3. The lowest BCUT2D eigenvalue weighted by Gasteiger charge is -2.20. The van der Waals surface area contributed by atoms with E-state index >= 15 is 0 Å². The Balaban J connectivity index is 0.00000200. The highest BCUT2D eigenvalue weighted by Crippen LogP contribution is 2.09. The Morgan fingerprint density at radius 3 is 2.40 bits per heavy atom. The summed E-state index contributed by atoms with van der Waals surface area (Å²) in [6.07, 6.45) is 9.47. The van der Waals surface area contributed by atoms with Gasteiger partial charge in [0.05, 0.1) is 0 Å². The van der Waals surface area contributed by atoms with Gasteiger partial charge in [-0.25, -0.2) is 9.97 Å². The van der Waals surface area contributed by atoms with E-state index in [9.17, 15) is 0 Å². The molecule has 0 spiro atoms. The molecular weight excluding hydrogens is 365 g/mol. The highest BCUT2D eigenvalue weighted by molar-refractivity contribution is 14.0. The molecule has 0 aliphatic carbocycles. The summed E-state index contributed by atoms with van der Waals surface area (Å²) in [6.45, 7) is 4.72. The molecule has 0 radical (unpaired) electrons. The first-order chi connectivity index (χ1) is 9.25. The van der Waals surface area contributed by atoms with Gasteiger partial charge in [-0.3, -0.25) is 4.99 Å². The van der Waals surface area contributed by atoms with Gasteiger partial charge < -0.3 is 10.6 Å². The lowest BCUT2D eigenvalue weighted by Crippen LogP contribution is -2.38. The van der Waals surface area contributed by atoms with Crippen molar-refractivity contribution in [2.24, 2.45) is 10.7 Å². The van der Waals surface area contributed by atoms with Crippen LogP contribution in [0.15, 0.2) is 17.4 Å². The number of hydrogen-bond donors (Lipinski definition) is 1. The Morgan fingerprint density at radius 2 is 1.80 bits per heavy atom. The van der Waals surface area contributed by atoms with E-state index < -0.39 is 0 Å². The van der Waals surface area contributed by atoms with Gasteiger partial charge in [0.2, 0.25) is 0 Å². The van der Waals surface area contributed by atoms with E-state index in [4.69, 9.17) is 5.73 Å². The molecule has 2 N–H and O–H groups in total. The number of halogens is 1. The van der Waals surface area contributed by atoms with Crippen molar-refractivity contribution in [3.8, 4) is 0 Å². The number of guanidine groups is 1. The third kappa shape index (κ3) is 5.60. The molecule has 2 heterocycles. The number of aliphatic imine (C=N–C) groups is 1. The van der Waals surface area contributed by atoms with E-state index in [0.717, 1.165) is 30.9 Å².